The summed E-state index contributed by atoms with van der Waals surface area (Å²) in [5.74, 6) is -2.62. The lowest BCUT2D eigenvalue weighted by Crippen LogP contribution is -2.35. The van der Waals surface area contributed by atoms with Crippen LogP contribution < -0.4 is 4.90 Å². The zero-order valence-electron chi connectivity index (χ0n) is 11.7. The SMILES string of the molecule is O=C(O)CN(C(=O)c1cccc(F)c1)c1ccc([N+](=O)[O-])cc1. The number of carboxylic acids is 1. The van der Waals surface area contributed by atoms with Gasteiger partial charge < -0.3 is 5.11 Å². The molecule has 0 radical (unpaired) electrons. The highest BCUT2D eigenvalue weighted by Crippen LogP contribution is 2.21. The number of nitro groups is 1. The lowest BCUT2D eigenvalue weighted by Gasteiger charge is -2.20. The molecule has 0 aliphatic rings. The van der Waals surface area contributed by atoms with E-state index in [0.717, 1.165) is 29.2 Å². The Morgan fingerprint density at radius 1 is 1.17 bits per heavy atom. The molecule has 0 aliphatic heterocycles. The molecule has 0 fully saturated rings. The average Bonchev–Trinajstić information content (AvgIpc) is 2.52. The van der Waals surface area contributed by atoms with Gasteiger partial charge in [0.05, 0.1) is 4.92 Å². The second-order valence-corrected chi connectivity index (χ2v) is 4.57. The van der Waals surface area contributed by atoms with Crippen LogP contribution in [0.15, 0.2) is 48.5 Å². The summed E-state index contributed by atoms with van der Waals surface area (Å²) < 4.78 is 13.2. The first kappa shape index (κ1) is 16.1. The molecule has 2 aromatic carbocycles. The molecule has 0 aliphatic carbocycles. The number of anilines is 1. The van der Waals surface area contributed by atoms with Crippen molar-refractivity contribution >= 4 is 23.3 Å². The van der Waals surface area contributed by atoms with Crippen molar-refractivity contribution in [3.63, 3.8) is 0 Å². The Balaban J connectivity index is 2.38. The Morgan fingerprint density at radius 3 is 2.35 bits per heavy atom. The number of hydrogen-bond donors (Lipinski definition) is 1. The Bertz CT molecular complexity index is 761. The van der Waals surface area contributed by atoms with E-state index in [1.165, 1.54) is 24.3 Å². The molecule has 0 bridgehead atoms. The highest BCUT2D eigenvalue weighted by Gasteiger charge is 2.21. The second-order valence-electron chi connectivity index (χ2n) is 4.57. The highest BCUT2D eigenvalue weighted by atomic mass is 19.1. The van der Waals surface area contributed by atoms with E-state index in [2.05, 4.69) is 0 Å². The summed E-state index contributed by atoms with van der Waals surface area (Å²) in [7, 11) is 0. The maximum atomic E-state index is 13.2. The molecule has 0 spiro atoms. The first-order chi connectivity index (χ1) is 10.9. The molecule has 7 nitrogen and oxygen atoms in total. The smallest absolute Gasteiger partial charge is 0.323 e. The van der Waals surface area contributed by atoms with Gasteiger partial charge in [-0.05, 0) is 30.3 Å². The van der Waals surface area contributed by atoms with Crippen LogP contribution in [0, 0.1) is 15.9 Å². The number of non-ortho nitro benzene ring substituents is 1. The third-order valence-corrected chi connectivity index (χ3v) is 2.98. The van der Waals surface area contributed by atoms with Gasteiger partial charge in [0.1, 0.15) is 12.4 Å². The van der Waals surface area contributed by atoms with Gasteiger partial charge in [-0.15, -0.1) is 0 Å². The molecule has 0 unspecified atom stereocenters. The normalized spacial score (nSPS) is 10.1. The van der Waals surface area contributed by atoms with Gasteiger partial charge >= 0.3 is 5.97 Å². The molecule has 1 N–H and O–H groups in total. The van der Waals surface area contributed by atoms with E-state index in [0.29, 0.717) is 0 Å². The quantitative estimate of drug-likeness (QED) is 0.674. The predicted octanol–water partition coefficient (Wildman–Crippen LogP) is 2.47. The van der Waals surface area contributed by atoms with Crippen molar-refractivity contribution in [2.75, 3.05) is 11.4 Å². The Morgan fingerprint density at radius 2 is 1.83 bits per heavy atom. The zero-order chi connectivity index (χ0) is 17.0. The van der Waals surface area contributed by atoms with Gasteiger partial charge in [0.15, 0.2) is 0 Å². The van der Waals surface area contributed by atoms with Gasteiger partial charge in [-0.1, -0.05) is 6.07 Å². The van der Waals surface area contributed by atoms with Crippen molar-refractivity contribution in [1.29, 1.82) is 0 Å². The molecule has 0 aromatic heterocycles. The van der Waals surface area contributed by atoms with Gasteiger partial charge in [0.25, 0.3) is 11.6 Å². The number of amides is 1. The average molecular weight is 318 g/mol. The van der Waals surface area contributed by atoms with Crippen molar-refractivity contribution in [2.45, 2.75) is 0 Å². The molecule has 1 amide bonds. The van der Waals surface area contributed by atoms with E-state index in [9.17, 15) is 24.1 Å². The van der Waals surface area contributed by atoms with Crippen LogP contribution in [-0.4, -0.2) is 28.5 Å². The summed E-state index contributed by atoms with van der Waals surface area (Å²) in [6, 6.07) is 9.67. The van der Waals surface area contributed by atoms with E-state index in [4.69, 9.17) is 5.11 Å². The fraction of sp³-hybridized carbons (Fsp3) is 0.0667. The minimum absolute atomic E-state index is 0.0235. The Labute approximate surface area is 129 Å². The number of carboxylic acid groups (broad SMARTS) is 1. The first-order valence-electron chi connectivity index (χ1n) is 6.42. The molecule has 8 heteroatoms. The van der Waals surface area contributed by atoms with Crippen LogP contribution >= 0.6 is 0 Å². The number of nitrogens with zero attached hydrogens (tertiary/aromatic N) is 2. The minimum Gasteiger partial charge on any atom is -0.480 e. The summed E-state index contributed by atoms with van der Waals surface area (Å²) >= 11 is 0. The van der Waals surface area contributed by atoms with Crippen LogP contribution in [-0.2, 0) is 4.79 Å². The van der Waals surface area contributed by atoms with Crippen LogP contribution in [0.1, 0.15) is 10.4 Å². The largest absolute Gasteiger partial charge is 0.480 e. The van der Waals surface area contributed by atoms with Crippen LogP contribution in [0.2, 0.25) is 0 Å². The van der Waals surface area contributed by atoms with Crippen molar-refractivity contribution in [2.24, 2.45) is 0 Å². The van der Waals surface area contributed by atoms with E-state index >= 15 is 0 Å². The third-order valence-electron chi connectivity index (χ3n) is 2.98. The molecule has 2 aromatic rings. The van der Waals surface area contributed by atoms with E-state index in [1.54, 1.807) is 0 Å². The van der Waals surface area contributed by atoms with E-state index < -0.39 is 29.2 Å². The fourth-order valence-corrected chi connectivity index (χ4v) is 1.95. The Kier molecular flexibility index (Phi) is 4.65. The van der Waals surface area contributed by atoms with Gasteiger partial charge in [-0.2, -0.15) is 0 Å². The van der Waals surface area contributed by atoms with Crippen LogP contribution in [0.25, 0.3) is 0 Å². The van der Waals surface area contributed by atoms with Crippen molar-refractivity contribution < 1.29 is 24.0 Å². The standard InChI is InChI=1S/C15H11FN2O5/c16-11-3-1-2-10(8-11)15(21)17(9-14(19)20)12-4-6-13(7-5-12)18(22)23/h1-8H,9H2,(H,19,20). The third kappa shape index (κ3) is 3.88. The number of carbonyl (C=O) groups excluding carboxylic acids is 1. The van der Waals surface area contributed by atoms with Gasteiger partial charge in [0.2, 0.25) is 0 Å². The van der Waals surface area contributed by atoms with Crippen molar-refractivity contribution in [3.05, 3.63) is 70.0 Å². The number of nitro benzene ring substituents is 1. The molecule has 23 heavy (non-hydrogen) atoms. The summed E-state index contributed by atoms with van der Waals surface area (Å²) in [6.07, 6.45) is 0. The molecule has 0 atom stereocenters. The minimum atomic E-state index is -1.27. The lowest BCUT2D eigenvalue weighted by molar-refractivity contribution is -0.384. The number of carbonyl (C=O) groups is 2. The number of benzene rings is 2. The monoisotopic (exact) mass is 318 g/mol. The molecular weight excluding hydrogens is 307 g/mol. The molecule has 0 saturated carbocycles. The summed E-state index contributed by atoms with van der Waals surface area (Å²) in [6.45, 7) is -0.660. The zero-order valence-corrected chi connectivity index (χ0v) is 11.7. The summed E-state index contributed by atoms with van der Waals surface area (Å²) in [4.78, 5) is 34.3. The number of rotatable bonds is 5. The second kappa shape index (κ2) is 6.65. The topological polar surface area (TPSA) is 101 Å². The van der Waals surface area contributed by atoms with Crippen LogP contribution in [0.3, 0.4) is 0 Å². The predicted molar refractivity (Wildman–Crippen MR) is 78.8 cm³/mol. The van der Waals surface area contributed by atoms with Gasteiger partial charge in [-0.25, -0.2) is 4.39 Å². The van der Waals surface area contributed by atoms with Crippen molar-refractivity contribution in [1.82, 2.24) is 0 Å². The number of aliphatic carboxylic acids is 1. The number of halogens is 1. The van der Waals surface area contributed by atoms with Crippen LogP contribution in [0.4, 0.5) is 15.8 Å². The molecular formula is C15H11FN2O5. The van der Waals surface area contributed by atoms with E-state index in [-0.39, 0.29) is 16.9 Å². The molecule has 118 valence electrons. The van der Waals surface area contributed by atoms with Crippen molar-refractivity contribution in [3.8, 4) is 0 Å². The van der Waals surface area contributed by atoms with Crippen LogP contribution in [0.5, 0.6) is 0 Å². The first-order valence-corrected chi connectivity index (χ1v) is 6.42. The maximum Gasteiger partial charge on any atom is 0.323 e. The Hall–Kier alpha value is -3.29. The molecule has 0 saturated heterocycles. The van der Waals surface area contributed by atoms with Gasteiger partial charge in [-0.3, -0.25) is 24.6 Å². The highest BCUT2D eigenvalue weighted by molar-refractivity contribution is 6.08. The molecule has 2 rings (SSSR count). The lowest BCUT2D eigenvalue weighted by atomic mass is 10.1. The fourth-order valence-electron chi connectivity index (χ4n) is 1.95. The summed E-state index contributed by atoms with van der Waals surface area (Å²) in [5, 5.41) is 19.6. The summed E-state index contributed by atoms with van der Waals surface area (Å²) in [5.41, 5.74) is -0.0564. The van der Waals surface area contributed by atoms with E-state index in [1.807, 2.05) is 0 Å². The molecule has 0 heterocycles. The van der Waals surface area contributed by atoms with Gasteiger partial charge in [0, 0.05) is 23.4 Å². The number of hydrogen-bond acceptors (Lipinski definition) is 4. The maximum absolute atomic E-state index is 13.2.